The van der Waals surface area contributed by atoms with Crippen LogP contribution in [0.3, 0.4) is 0 Å². The molecule has 1 aliphatic rings. The Balaban J connectivity index is 1.52. The van der Waals surface area contributed by atoms with Gasteiger partial charge in [0.2, 0.25) is 5.91 Å². The molecular formula is C19H22N2O3S2. The molecule has 138 valence electrons. The summed E-state index contributed by atoms with van der Waals surface area (Å²) in [7, 11) is 0. The Hall–Kier alpha value is -1.86. The summed E-state index contributed by atoms with van der Waals surface area (Å²) in [6.45, 7) is 3.36. The molecule has 0 N–H and O–H groups in total. The van der Waals surface area contributed by atoms with Gasteiger partial charge in [-0.1, -0.05) is 42.1 Å². The van der Waals surface area contributed by atoms with Crippen molar-refractivity contribution in [1.29, 1.82) is 0 Å². The summed E-state index contributed by atoms with van der Waals surface area (Å²) in [5, 5.41) is 2.01. The minimum absolute atomic E-state index is 0.0560. The van der Waals surface area contributed by atoms with Crippen LogP contribution in [-0.4, -0.2) is 47.2 Å². The SMILES string of the molecule is CCOC(=O)[C@H]1CCCN(C(=O)CSc2nc(-c3ccccc3)cs2)C1. The number of hydrogen-bond donors (Lipinski definition) is 0. The number of carbonyl (C=O) groups is 2. The lowest BCUT2D eigenvalue weighted by Gasteiger charge is -2.31. The van der Waals surface area contributed by atoms with E-state index >= 15 is 0 Å². The van der Waals surface area contributed by atoms with Gasteiger partial charge in [0.25, 0.3) is 0 Å². The maximum atomic E-state index is 12.5. The lowest BCUT2D eigenvalue weighted by Crippen LogP contribution is -2.43. The highest BCUT2D eigenvalue weighted by Crippen LogP contribution is 2.28. The molecule has 1 aliphatic heterocycles. The molecule has 5 nitrogen and oxygen atoms in total. The minimum Gasteiger partial charge on any atom is -0.466 e. The molecule has 2 aromatic rings. The summed E-state index contributed by atoms with van der Waals surface area (Å²) in [5.74, 6) is 0.0184. The molecule has 1 amide bonds. The Labute approximate surface area is 161 Å². The Morgan fingerprint density at radius 3 is 2.92 bits per heavy atom. The zero-order valence-electron chi connectivity index (χ0n) is 14.7. The average Bonchev–Trinajstić information content (AvgIpc) is 3.16. The molecule has 1 fully saturated rings. The summed E-state index contributed by atoms with van der Waals surface area (Å²) in [6.07, 6.45) is 1.64. The van der Waals surface area contributed by atoms with Crippen LogP contribution in [0.4, 0.5) is 0 Å². The Bertz CT molecular complexity index is 748. The lowest BCUT2D eigenvalue weighted by molar-refractivity contribution is -0.151. The van der Waals surface area contributed by atoms with Crippen LogP contribution in [-0.2, 0) is 14.3 Å². The standard InChI is InChI=1S/C19H22N2O3S2/c1-2-24-18(23)15-9-6-10-21(11-15)17(22)13-26-19-20-16(12-25-19)14-7-4-3-5-8-14/h3-5,7-8,12,15H,2,6,9-11,13H2,1H3/t15-/m0/s1. The van der Waals surface area contributed by atoms with E-state index in [4.69, 9.17) is 4.74 Å². The number of benzene rings is 1. The number of carbonyl (C=O) groups excluding carboxylic acids is 2. The summed E-state index contributed by atoms with van der Waals surface area (Å²) in [5.41, 5.74) is 2.01. The van der Waals surface area contributed by atoms with E-state index in [0.717, 1.165) is 28.4 Å². The molecule has 0 aliphatic carbocycles. The van der Waals surface area contributed by atoms with Crippen LogP contribution >= 0.6 is 23.1 Å². The fraction of sp³-hybridized carbons (Fsp3) is 0.421. The van der Waals surface area contributed by atoms with Crippen molar-refractivity contribution >= 4 is 35.0 Å². The van der Waals surface area contributed by atoms with Crippen LogP contribution in [0.2, 0.25) is 0 Å². The normalized spacial score (nSPS) is 17.1. The number of likely N-dealkylation sites (tertiary alicyclic amines) is 1. The predicted molar refractivity (Wildman–Crippen MR) is 104 cm³/mol. The summed E-state index contributed by atoms with van der Waals surface area (Å²) >= 11 is 3.01. The Morgan fingerprint density at radius 2 is 2.15 bits per heavy atom. The van der Waals surface area contributed by atoms with Gasteiger partial charge in [-0.05, 0) is 19.8 Å². The van der Waals surface area contributed by atoms with Crippen molar-refractivity contribution in [2.24, 2.45) is 5.92 Å². The summed E-state index contributed by atoms with van der Waals surface area (Å²) in [4.78, 5) is 30.8. The van der Waals surface area contributed by atoms with Crippen molar-refractivity contribution in [3.05, 3.63) is 35.7 Å². The molecule has 0 saturated carbocycles. The zero-order valence-corrected chi connectivity index (χ0v) is 16.4. The topological polar surface area (TPSA) is 59.5 Å². The van der Waals surface area contributed by atoms with Gasteiger partial charge in [-0.2, -0.15) is 0 Å². The van der Waals surface area contributed by atoms with Gasteiger partial charge < -0.3 is 9.64 Å². The van der Waals surface area contributed by atoms with Crippen molar-refractivity contribution in [2.45, 2.75) is 24.1 Å². The number of nitrogens with zero attached hydrogens (tertiary/aromatic N) is 2. The third-order valence-electron chi connectivity index (χ3n) is 4.27. The number of amides is 1. The molecule has 2 heterocycles. The molecular weight excluding hydrogens is 368 g/mol. The highest BCUT2D eigenvalue weighted by atomic mass is 32.2. The van der Waals surface area contributed by atoms with Crippen LogP contribution in [0.5, 0.6) is 0 Å². The largest absolute Gasteiger partial charge is 0.466 e. The number of ether oxygens (including phenoxy) is 1. The van der Waals surface area contributed by atoms with E-state index in [2.05, 4.69) is 4.98 Å². The van der Waals surface area contributed by atoms with Gasteiger partial charge in [0, 0.05) is 24.0 Å². The van der Waals surface area contributed by atoms with Crippen molar-refractivity contribution in [3.63, 3.8) is 0 Å². The van der Waals surface area contributed by atoms with Gasteiger partial charge >= 0.3 is 5.97 Å². The van der Waals surface area contributed by atoms with Crippen LogP contribution in [0.15, 0.2) is 40.1 Å². The molecule has 0 spiro atoms. The van der Waals surface area contributed by atoms with Crippen molar-refractivity contribution in [3.8, 4) is 11.3 Å². The highest BCUT2D eigenvalue weighted by molar-refractivity contribution is 8.01. The van der Waals surface area contributed by atoms with Gasteiger partial charge in [0.15, 0.2) is 4.34 Å². The van der Waals surface area contributed by atoms with E-state index in [1.54, 1.807) is 23.2 Å². The van der Waals surface area contributed by atoms with Crippen molar-refractivity contribution in [2.75, 3.05) is 25.4 Å². The van der Waals surface area contributed by atoms with E-state index in [9.17, 15) is 9.59 Å². The first-order chi connectivity index (χ1) is 12.7. The monoisotopic (exact) mass is 390 g/mol. The smallest absolute Gasteiger partial charge is 0.310 e. The molecule has 0 unspecified atom stereocenters. The summed E-state index contributed by atoms with van der Waals surface area (Å²) < 4.78 is 5.98. The molecule has 1 atom stereocenters. The maximum absolute atomic E-state index is 12.5. The molecule has 7 heteroatoms. The second-order valence-corrected chi connectivity index (χ2v) is 8.16. The third kappa shape index (κ3) is 4.86. The second-order valence-electron chi connectivity index (χ2n) is 6.08. The van der Waals surface area contributed by atoms with E-state index < -0.39 is 0 Å². The minimum atomic E-state index is -0.192. The van der Waals surface area contributed by atoms with Crippen LogP contribution in [0.25, 0.3) is 11.3 Å². The van der Waals surface area contributed by atoms with Gasteiger partial charge in [-0.3, -0.25) is 9.59 Å². The van der Waals surface area contributed by atoms with Crippen molar-refractivity contribution in [1.82, 2.24) is 9.88 Å². The Kier molecular flexibility index (Phi) is 6.68. The summed E-state index contributed by atoms with van der Waals surface area (Å²) in [6, 6.07) is 10.0. The number of hydrogen-bond acceptors (Lipinski definition) is 6. The number of thioether (sulfide) groups is 1. The highest BCUT2D eigenvalue weighted by Gasteiger charge is 2.29. The quantitative estimate of drug-likeness (QED) is 0.556. The molecule has 1 aromatic carbocycles. The molecule has 1 aromatic heterocycles. The van der Waals surface area contributed by atoms with Gasteiger partial charge in [-0.15, -0.1) is 11.3 Å². The number of rotatable bonds is 6. The van der Waals surface area contributed by atoms with E-state index in [-0.39, 0.29) is 17.8 Å². The first-order valence-electron chi connectivity index (χ1n) is 8.75. The molecule has 26 heavy (non-hydrogen) atoms. The van der Waals surface area contributed by atoms with Gasteiger partial charge in [0.05, 0.1) is 24.0 Å². The number of piperidine rings is 1. The first-order valence-corrected chi connectivity index (χ1v) is 10.6. The van der Waals surface area contributed by atoms with Crippen LogP contribution in [0.1, 0.15) is 19.8 Å². The third-order valence-corrected chi connectivity index (χ3v) is 6.27. The second kappa shape index (κ2) is 9.19. The number of esters is 1. The Morgan fingerprint density at radius 1 is 1.35 bits per heavy atom. The predicted octanol–water partition coefficient (Wildman–Crippen LogP) is 3.70. The molecule has 0 radical (unpaired) electrons. The van der Waals surface area contributed by atoms with Gasteiger partial charge in [0.1, 0.15) is 0 Å². The fourth-order valence-corrected chi connectivity index (χ4v) is 4.67. The maximum Gasteiger partial charge on any atom is 0.310 e. The number of thiazole rings is 1. The van der Waals surface area contributed by atoms with E-state index in [1.807, 2.05) is 35.7 Å². The molecule has 1 saturated heterocycles. The fourth-order valence-electron chi connectivity index (χ4n) is 2.94. The van der Waals surface area contributed by atoms with Crippen LogP contribution in [0, 0.1) is 5.92 Å². The van der Waals surface area contributed by atoms with Crippen LogP contribution < -0.4 is 0 Å². The number of aromatic nitrogens is 1. The van der Waals surface area contributed by atoms with E-state index in [1.165, 1.54) is 11.8 Å². The lowest BCUT2D eigenvalue weighted by atomic mass is 9.98. The molecule has 3 rings (SSSR count). The zero-order chi connectivity index (χ0) is 18.4. The van der Waals surface area contributed by atoms with E-state index in [0.29, 0.717) is 25.4 Å². The first kappa shape index (κ1) is 18.9. The molecule has 0 bridgehead atoms. The van der Waals surface area contributed by atoms with Gasteiger partial charge in [-0.25, -0.2) is 4.98 Å². The average molecular weight is 391 g/mol. The van der Waals surface area contributed by atoms with Crippen molar-refractivity contribution < 1.29 is 14.3 Å².